The summed E-state index contributed by atoms with van der Waals surface area (Å²) in [7, 11) is 1.28. The zero-order valence-electron chi connectivity index (χ0n) is 8.12. The Labute approximate surface area is 81.8 Å². The summed E-state index contributed by atoms with van der Waals surface area (Å²) in [6.45, 7) is 1.54. The molecule has 0 aromatic heterocycles. The van der Waals surface area contributed by atoms with Crippen molar-refractivity contribution in [3.05, 3.63) is 23.5 Å². The van der Waals surface area contributed by atoms with Gasteiger partial charge in [-0.1, -0.05) is 13.0 Å². The number of phenols is 1. The zero-order valence-corrected chi connectivity index (χ0v) is 8.12. The van der Waals surface area contributed by atoms with Gasteiger partial charge in [-0.25, -0.2) is 4.39 Å². The summed E-state index contributed by atoms with van der Waals surface area (Å²) in [6.07, 6.45) is 0. The second kappa shape index (κ2) is 4.28. The summed E-state index contributed by atoms with van der Waals surface area (Å²) < 4.78 is 18.3. The number of benzene rings is 1. The van der Waals surface area contributed by atoms with Crippen LogP contribution in [0.2, 0.25) is 0 Å². The van der Waals surface area contributed by atoms with E-state index in [-0.39, 0.29) is 24.0 Å². The third-order valence-electron chi connectivity index (χ3n) is 2.12. The first-order valence-electron chi connectivity index (χ1n) is 4.28. The number of phenolic OH excluding ortho intramolecular Hbond substituents is 1. The lowest BCUT2D eigenvalue weighted by Crippen LogP contribution is -2.03. The first kappa shape index (κ1) is 10.8. The Morgan fingerprint density at radius 2 is 2.14 bits per heavy atom. The molecule has 0 heterocycles. The molecule has 0 saturated carbocycles. The lowest BCUT2D eigenvalue weighted by atomic mass is 10.0. The van der Waals surface area contributed by atoms with Crippen molar-refractivity contribution in [1.29, 1.82) is 0 Å². The molecule has 0 radical (unpaired) electrons. The minimum absolute atomic E-state index is 0.148. The van der Waals surface area contributed by atoms with E-state index in [2.05, 4.69) is 0 Å². The molecule has 0 aliphatic carbocycles. The predicted octanol–water partition coefficient (Wildman–Crippen LogP) is 1.64. The molecule has 0 spiro atoms. The van der Waals surface area contributed by atoms with Crippen molar-refractivity contribution < 1.29 is 19.3 Å². The topological polar surface area (TPSA) is 49.7 Å². The molecule has 2 N–H and O–H groups in total. The maximum absolute atomic E-state index is 13.6. The van der Waals surface area contributed by atoms with Crippen LogP contribution in [0, 0.1) is 5.82 Å². The summed E-state index contributed by atoms with van der Waals surface area (Å²) in [5.41, 5.74) is 0.335. The van der Waals surface area contributed by atoms with Gasteiger partial charge < -0.3 is 14.9 Å². The highest BCUT2D eigenvalue weighted by molar-refractivity contribution is 5.44. The maximum atomic E-state index is 13.6. The van der Waals surface area contributed by atoms with Crippen LogP contribution in [0.4, 0.5) is 4.39 Å². The Morgan fingerprint density at radius 1 is 1.50 bits per heavy atom. The molecule has 0 fully saturated rings. The van der Waals surface area contributed by atoms with Crippen molar-refractivity contribution in [2.24, 2.45) is 0 Å². The van der Waals surface area contributed by atoms with Crippen LogP contribution in [0.25, 0.3) is 0 Å². The Kier molecular flexibility index (Phi) is 3.30. The lowest BCUT2D eigenvalue weighted by Gasteiger charge is -2.12. The predicted molar refractivity (Wildman–Crippen MR) is 50.1 cm³/mol. The van der Waals surface area contributed by atoms with E-state index in [0.717, 1.165) is 0 Å². The largest absolute Gasteiger partial charge is 0.504 e. The van der Waals surface area contributed by atoms with Gasteiger partial charge >= 0.3 is 0 Å². The standard InChI is InChI=1S/C10H13FO3/c1-6(5-12)7-3-4-8(13)10(14-2)9(7)11/h3-4,6,12-13H,5H2,1-2H3. The average Bonchev–Trinajstić information content (AvgIpc) is 2.18. The lowest BCUT2D eigenvalue weighted by molar-refractivity contribution is 0.268. The highest BCUT2D eigenvalue weighted by Gasteiger charge is 2.17. The summed E-state index contributed by atoms with van der Waals surface area (Å²) in [6, 6.07) is 2.79. The van der Waals surface area contributed by atoms with E-state index in [9.17, 15) is 9.50 Å². The molecule has 0 saturated heterocycles. The van der Waals surface area contributed by atoms with Crippen LogP contribution in [0.3, 0.4) is 0 Å². The fraction of sp³-hybridized carbons (Fsp3) is 0.400. The fourth-order valence-electron chi connectivity index (χ4n) is 1.23. The number of aliphatic hydroxyl groups excluding tert-OH is 1. The van der Waals surface area contributed by atoms with Gasteiger partial charge in [0.15, 0.2) is 17.3 Å². The number of hydrogen-bond acceptors (Lipinski definition) is 3. The first-order valence-corrected chi connectivity index (χ1v) is 4.28. The molecule has 0 bridgehead atoms. The number of aliphatic hydroxyl groups is 1. The minimum Gasteiger partial charge on any atom is -0.504 e. The van der Waals surface area contributed by atoms with Gasteiger partial charge in [0.05, 0.1) is 7.11 Å². The minimum atomic E-state index is -0.617. The third-order valence-corrected chi connectivity index (χ3v) is 2.12. The van der Waals surface area contributed by atoms with Crippen LogP contribution in [0.5, 0.6) is 11.5 Å². The number of methoxy groups -OCH3 is 1. The van der Waals surface area contributed by atoms with E-state index in [1.807, 2.05) is 0 Å². The Balaban J connectivity index is 3.21. The van der Waals surface area contributed by atoms with Gasteiger partial charge in [-0.3, -0.25) is 0 Å². The third kappa shape index (κ3) is 1.80. The molecule has 1 rings (SSSR count). The highest BCUT2D eigenvalue weighted by Crippen LogP contribution is 2.33. The maximum Gasteiger partial charge on any atom is 0.196 e. The molecule has 1 atom stereocenters. The normalized spacial score (nSPS) is 12.6. The van der Waals surface area contributed by atoms with Gasteiger partial charge in [-0.15, -0.1) is 0 Å². The van der Waals surface area contributed by atoms with Crippen LogP contribution < -0.4 is 4.74 Å². The summed E-state index contributed by atoms with van der Waals surface area (Å²) in [4.78, 5) is 0. The van der Waals surface area contributed by atoms with Crippen molar-refractivity contribution in [2.45, 2.75) is 12.8 Å². The van der Waals surface area contributed by atoms with Crippen molar-refractivity contribution >= 4 is 0 Å². The molecular formula is C10H13FO3. The van der Waals surface area contributed by atoms with Gasteiger partial charge in [0.1, 0.15) is 0 Å². The van der Waals surface area contributed by atoms with Gasteiger partial charge in [0, 0.05) is 12.5 Å². The number of aromatic hydroxyl groups is 1. The molecule has 1 unspecified atom stereocenters. The number of hydrogen-bond donors (Lipinski definition) is 2. The van der Waals surface area contributed by atoms with E-state index in [1.54, 1.807) is 6.92 Å². The molecule has 0 aliphatic rings. The van der Waals surface area contributed by atoms with Crippen molar-refractivity contribution in [3.8, 4) is 11.5 Å². The van der Waals surface area contributed by atoms with Crippen LogP contribution in [-0.4, -0.2) is 23.9 Å². The number of ether oxygens (including phenoxy) is 1. The summed E-state index contributed by atoms with van der Waals surface area (Å²) in [5.74, 6) is -1.35. The Hall–Kier alpha value is -1.29. The molecule has 1 aromatic carbocycles. The second-order valence-electron chi connectivity index (χ2n) is 3.10. The summed E-state index contributed by atoms with van der Waals surface area (Å²) in [5, 5.41) is 18.1. The van der Waals surface area contributed by atoms with Crippen molar-refractivity contribution in [3.63, 3.8) is 0 Å². The van der Waals surface area contributed by atoms with Crippen molar-refractivity contribution in [2.75, 3.05) is 13.7 Å². The monoisotopic (exact) mass is 200 g/mol. The van der Waals surface area contributed by atoms with Gasteiger partial charge in [0.25, 0.3) is 0 Å². The van der Waals surface area contributed by atoms with Crippen molar-refractivity contribution in [1.82, 2.24) is 0 Å². The molecule has 14 heavy (non-hydrogen) atoms. The summed E-state index contributed by atoms with van der Waals surface area (Å²) >= 11 is 0. The zero-order chi connectivity index (χ0) is 10.7. The molecule has 0 aliphatic heterocycles. The molecule has 4 heteroatoms. The van der Waals surface area contributed by atoms with Crippen LogP contribution in [0.15, 0.2) is 12.1 Å². The van der Waals surface area contributed by atoms with E-state index >= 15 is 0 Å². The molecule has 0 amide bonds. The molecule has 1 aromatic rings. The smallest absolute Gasteiger partial charge is 0.196 e. The Morgan fingerprint density at radius 3 is 2.64 bits per heavy atom. The van der Waals surface area contributed by atoms with E-state index in [0.29, 0.717) is 5.56 Å². The SMILES string of the molecule is COc1c(O)ccc(C(C)CO)c1F. The molecular weight excluding hydrogens is 187 g/mol. The Bertz CT molecular complexity index is 325. The highest BCUT2D eigenvalue weighted by atomic mass is 19.1. The van der Waals surface area contributed by atoms with Gasteiger partial charge in [-0.05, 0) is 11.6 Å². The average molecular weight is 200 g/mol. The molecule has 78 valence electrons. The number of halogens is 1. The van der Waals surface area contributed by atoms with Crippen LogP contribution in [-0.2, 0) is 0 Å². The van der Waals surface area contributed by atoms with E-state index in [1.165, 1.54) is 19.2 Å². The quantitative estimate of drug-likeness (QED) is 0.779. The number of rotatable bonds is 3. The second-order valence-corrected chi connectivity index (χ2v) is 3.10. The molecule has 3 nitrogen and oxygen atoms in total. The van der Waals surface area contributed by atoms with Gasteiger partial charge in [-0.2, -0.15) is 0 Å². The fourth-order valence-corrected chi connectivity index (χ4v) is 1.23. The van der Waals surface area contributed by atoms with E-state index < -0.39 is 5.82 Å². The van der Waals surface area contributed by atoms with E-state index in [4.69, 9.17) is 9.84 Å². The first-order chi connectivity index (χ1) is 6.61. The van der Waals surface area contributed by atoms with Crippen LogP contribution >= 0.6 is 0 Å². The van der Waals surface area contributed by atoms with Crippen LogP contribution in [0.1, 0.15) is 18.4 Å². The van der Waals surface area contributed by atoms with Gasteiger partial charge in [0.2, 0.25) is 0 Å².